The third-order valence-corrected chi connectivity index (χ3v) is 5.29. The second-order valence-corrected chi connectivity index (χ2v) is 6.74. The van der Waals surface area contributed by atoms with Crippen molar-refractivity contribution in [1.82, 2.24) is 14.6 Å². The maximum absolute atomic E-state index is 12.7. The van der Waals surface area contributed by atoms with Crippen molar-refractivity contribution in [2.24, 2.45) is 0 Å². The third-order valence-electron chi connectivity index (χ3n) is 4.16. The Morgan fingerprint density at radius 2 is 2.12 bits per heavy atom. The molecule has 9 heteroatoms. The molecule has 1 aliphatic rings. The second-order valence-electron chi connectivity index (χ2n) is 5.76. The second kappa shape index (κ2) is 5.55. The first kappa shape index (κ1) is 15.6. The van der Waals surface area contributed by atoms with Gasteiger partial charge in [-0.15, -0.1) is 10.2 Å². The van der Waals surface area contributed by atoms with E-state index in [1.165, 1.54) is 16.2 Å². The van der Waals surface area contributed by atoms with Gasteiger partial charge in [0.2, 0.25) is 4.96 Å². The Balaban J connectivity index is 1.64. The summed E-state index contributed by atoms with van der Waals surface area (Å²) < 4.78 is 7.25. The number of benzene rings is 1. The van der Waals surface area contributed by atoms with E-state index < -0.39 is 0 Å². The number of rotatable bonds is 2. The number of hydrogen-bond donors (Lipinski definition) is 1. The van der Waals surface area contributed by atoms with E-state index in [0.29, 0.717) is 27.0 Å². The Bertz CT molecular complexity index is 1020. The van der Waals surface area contributed by atoms with E-state index in [2.05, 4.69) is 15.5 Å². The van der Waals surface area contributed by atoms with Crippen molar-refractivity contribution < 1.29 is 14.3 Å². The summed E-state index contributed by atoms with van der Waals surface area (Å²) in [6.07, 6.45) is 0. The van der Waals surface area contributed by atoms with E-state index in [4.69, 9.17) is 4.74 Å². The van der Waals surface area contributed by atoms with Gasteiger partial charge in [-0.1, -0.05) is 11.3 Å². The molecule has 0 fully saturated rings. The molecule has 2 aromatic heterocycles. The molecule has 0 atom stereocenters. The first-order valence-electron chi connectivity index (χ1n) is 7.61. The summed E-state index contributed by atoms with van der Waals surface area (Å²) >= 11 is 1.29. The van der Waals surface area contributed by atoms with Crippen molar-refractivity contribution >= 4 is 39.5 Å². The highest BCUT2D eigenvalue weighted by Gasteiger charge is 2.23. The van der Waals surface area contributed by atoms with Crippen LogP contribution in [-0.4, -0.2) is 40.1 Å². The molecule has 25 heavy (non-hydrogen) atoms. The third kappa shape index (κ3) is 2.43. The fourth-order valence-electron chi connectivity index (χ4n) is 2.81. The van der Waals surface area contributed by atoms with Gasteiger partial charge in [0.1, 0.15) is 16.5 Å². The van der Waals surface area contributed by atoms with Gasteiger partial charge >= 0.3 is 0 Å². The lowest BCUT2D eigenvalue weighted by atomic mass is 10.2. The van der Waals surface area contributed by atoms with Crippen LogP contribution in [0, 0.1) is 13.8 Å². The lowest BCUT2D eigenvalue weighted by Gasteiger charge is -2.26. The van der Waals surface area contributed by atoms with Gasteiger partial charge in [0.15, 0.2) is 6.61 Å². The van der Waals surface area contributed by atoms with Crippen LogP contribution in [0.4, 0.5) is 11.4 Å². The number of amides is 2. The molecule has 0 aliphatic carbocycles. The summed E-state index contributed by atoms with van der Waals surface area (Å²) in [5.41, 5.74) is 2.02. The Morgan fingerprint density at radius 3 is 2.88 bits per heavy atom. The number of hydrogen-bond acceptors (Lipinski definition) is 6. The maximum atomic E-state index is 12.7. The highest BCUT2D eigenvalue weighted by atomic mass is 32.1. The molecule has 0 spiro atoms. The summed E-state index contributed by atoms with van der Waals surface area (Å²) in [7, 11) is 1.68. The predicted octanol–water partition coefficient (Wildman–Crippen LogP) is 2.02. The van der Waals surface area contributed by atoms with Gasteiger partial charge in [0, 0.05) is 18.4 Å². The fraction of sp³-hybridized carbons (Fsp3) is 0.250. The monoisotopic (exact) mass is 357 g/mol. The van der Waals surface area contributed by atoms with Crippen LogP contribution < -0.4 is 15.0 Å². The summed E-state index contributed by atoms with van der Waals surface area (Å²) in [5, 5.41) is 10.9. The molecule has 0 bridgehead atoms. The summed E-state index contributed by atoms with van der Waals surface area (Å²) in [6.45, 7) is 3.73. The highest BCUT2D eigenvalue weighted by Crippen LogP contribution is 2.34. The normalized spacial score (nSPS) is 13.7. The molecule has 128 valence electrons. The fourth-order valence-corrected chi connectivity index (χ4v) is 3.82. The topological polar surface area (TPSA) is 88.8 Å². The number of nitrogens with one attached hydrogen (secondary N) is 1. The molecular weight excluding hydrogens is 342 g/mol. The number of carbonyl (C=O) groups excluding carboxylic acids is 2. The number of anilines is 2. The first-order chi connectivity index (χ1) is 12.0. The Labute approximate surface area is 147 Å². The average Bonchev–Trinajstić information content (AvgIpc) is 3.12. The number of nitrogens with zero attached hydrogens (tertiary/aromatic N) is 4. The van der Waals surface area contributed by atoms with Crippen molar-refractivity contribution in [2.45, 2.75) is 13.8 Å². The molecule has 0 unspecified atom stereocenters. The van der Waals surface area contributed by atoms with Gasteiger partial charge in [0.25, 0.3) is 11.8 Å². The van der Waals surface area contributed by atoms with Crippen molar-refractivity contribution in [2.75, 3.05) is 23.9 Å². The lowest BCUT2D eigenvalue weighted by Crippen LogP contribution is -2.35. The molecule has 1 aliphatic heterocycles. The molecule has 0 radical (unpaired) electrons. The van der Waals surface area contributed by atoms with Gasteiger partial charge in [-0.2, -0.15) is 0 Å². The van der Waals surface area contributed by atoms with Crippen LogP contribution in [0.25, 0.3) is 4.96 Å². The zero-order valence-corrected chi connectivity index (χ0v) is 14.7. The Morgan fingerprint density at radius 1 is 1.32 bits per heavy atom. The molecule has 1 N–H and O–H groups in total. The Hall–Kier alpha value is -2.94. The van der Waals surface area contributed by atoms with Crippen molar-refractivity contribution in [3.63, 3.8) is 0 Å². The van der Waals surface area contributed by atoms with Gasteiger partial charge < -0.3 is 15.0 Å². The van der Waals surface area contributed by atoms with Crippen LogP contribution in [0.15, 0.2) is 18.2 Å². The number of ether oxygens (including phenoxy) is 1. The zero-order valence-electron chi connectivity index (χ0n) is 13.9. The highest BCUT2D eigenvalue weighted by molar-refractivity contribution is 7.19. The van der Waals surface area contributed by atoms with Crippen LogP contribution in [-0.2, 0) is 4.79 Å². The molecule has 0 saturated heterocycles. The van der Waals surface area contributed by atoms with Crippen LogP contribution in [0.1, 0.15) is 21.2 Å². The molecule has 4 rings (SSSR count). The quantitative estimate of drug-likeness (QED) is 0.758. The van der Waals surface area contributed by atoms with E-state index in [1.807, 2.05) is 18.2 Å². The van der Waals surface area contributed by atoms with Crippen molar-refractivity contribution in [1.29, 1.82) is 0 Å². The minimum Gasteiger partial charge on any atom is -0.482 e. The standard InChI is InChI=1S/C16H15N5O3S/c1-8-14(25-16-19-18-9(2)21(8)16)15(23)17-10-4-5-12-11(6-10)20(3)13(22)7-24-12/h4-6H,7H2,1-3H3,(H,17,23). The largest absolute Gasteiger partial charge is 0.482 e. The summed E-state index contributed by atoms with van der Waals surface area (Å²) in [5.74, 6) is 1.01. The number of carbonyl (C=O) groups is 2. The van der Waals surface area contributed by atoms with E-state index >= 15 is 0 Å². The van der Waals surface area contributed by atoms with E-state index in [-0.39, 0.29) is 18.4 Å². The molecule has 3 aromatic rings. The number of likely N-dealkylation sites (N-methyl/N-ethyl adjacent to an activating group) is 1. The molecule has 8 nitrogen and oxygen atoms in total. The van der Waals surface area contributed by atoms with Gasteiger partial charge in [0.05, 0.1) is 5.69 Å². The minimum atomic E-state index is -0.224. The van der Waals surface area contributed by atoms with E-state index in [0.717, 1.165) is 11.5 Å². The van der Waals surface area contributed by atoms with Crippen LogP contribution in [0.5, 0.6) is 5.75 Å². The lowest BCUT2D eigenvalue weighted by molar-refractivity contribution is -0.120. The molecule has 3 heterocycles. The van der Waals surface area contributed by atoms with Crippen LogP contribution in [0.2, 0.25) is 0 Å². The number of fused-ring (bicyclic) bond motifs is 2. The van der Waals surface area contributed by atoms with E-state index in [1.54, 1.807) is 25.2 Å². The first-order valence-corrected chi connectivity index (χ1v) is 8.43. The van der Waals surface area contributed by atoms with Gasteiger partial charge in [-0.05, 0) is 32.0 Å². The predicted molar refractivity (Wildman–Crippen MR) is 93.6 cm³/mol. The molecule has 2 amide bonds. The Kier molecular flexibility index (Phi) is 3.46. The summed E-state index contributed by atoms with van der Waals surface area (Å²) in [6, 6.07) is 5.22. The average molecular weight is 357 g/mol. The van der Waals surface area contributed by atoms with Crippen LogP contribution >= 0.6 is 11.3 Å². The molecular formula is C16H15N5O3S. The van der Waals surface area contributed by atoms with Gasteiger partial charge in [-0.3, -0.25) is 14.0 Å². The zero-order chi connectivity index (χ0) is 17.7. The van der Waals surface area contributed by atoms with E-state index in [9.17, 15) is 9.59 Å². The number of thiazole rings is 1. The maximum Gasteiger partial charge on any atom is 0.267 e. The summed E-state index contributed by atoms with van der Waals surface area (Å²) in [4.78, 5) is 27.2. The minimum absolute atomic E-state index is 0.0246. The number of aromatic nitrogens is 3. The SMILES string of the molecule is Cc1nnc2sc(C(=O)Nc3ccc4c(c3)N(C)C(=O)CO4)c(C)n12. The van der Waals surface area contributed by atoms with Gasteiger partial charge in [-0.25, -0.2) is 0 Å². The number of aryl methyl sites for hydroxylation is 2. The smallest absolute Gasteiger partial charge is 0.267 e. The molecule has 1 aromatic carbocycles. The van der Waals surface area contributed by atoms with Crippen molar-refractivity contribution in [3.8, 4) is 5.75 Å². The van der Waals surface area contributed by atoms with Crippen LogP contribution in [0.3, 0.4) is 0 Å². The van der Waals surface area contributed by atoms with Crippen molar-refractivity contribution in [3.05, 3.63) is 34.6 Å². The molecule has 0 saturated carbocycles.